The molecule has 1 saturated carbocycles. The van der Waals surface area contributed by atoms with Gasteiger partial charge in [0.15, 0.2) is 0 Å². The van der Waals surface area contributed by atoms with Gasteiger partial charge in [-0.3, -0.25) is 0 Å². The van der Waals surface area contributed by atoms with Gasteiger partial charge in [0.2, 0.25) is 5.13 Å². The smallest absolute Gasteiger partial charge is 0.202 e. The van der Waals surface area contributed by atoms with E-state index in [0.717, 1.165) is 23.8 Å². The fraction of sp³-hybridized carbons (Fsp3) is 0.778. The quantitative estimate of drug-likeness (QED) is 0.798. The first-order valence-electron chi connectivity index (χ1n) is 5.01. The summed E-state index contributed by atoms with van der Waals surface area (Å²) in [6.07, 6.45) is 2.10. The average molecular weight is 212 g/mol. The van der Waals surface area contributed by atoms with E-state index in [1.54, 1.807) is 0 Å². The summed E-state index contributed by atoms with van der Waals surface area (Å²) in [5.74, 6) is 1.34. The van der Waals surface area contributed by atoms with Gasteiger partial charge in [-0.25, -0.2) is 4.98 Å². The number of nitrogens with two attached hydrogens (primary N) is 1. The van der Waals surface area contributed by atoms with Crippen LogP contribution in [-0.4, -0.2) is 21.4 Å². The molecule has 4 nitrogen and oxygen atoms in total. The third-order valence-corrected chi connectivity index (χ3v) is 3.12. The Morgan fingerprint density at radius 2 is 2.21 bits per heavy atom. The molecular formula is C9H16N4S. The molecule has 0 aromatic carbocycles. The second-order valence-electron chi connectivity index (χ2n) is 4.19. The van der Waals surface area contributed by atoms with Crippen molar-refractivity contribution < 1.29 is 0 Å². The Balaban J connectivity index is 1.90. The highest BCUT2D eigenvalue weighted by molar-refractivity contribution is 7.09. The molecular weight excluding hydrogens is 196 g/mol. The summed E-state index contributed by atoms with van der Waals surface area (Å²) in [5, 5.41) is 4.28. The van der Waals surface area contributed by atoms with Crippen LogP contribution in [0, 0.1) is 0 Å². The number of hydrogen-bond donors (Lipinski definition) is 2. The van der Waals surface area contributed by atoms with Gasteiger partial charge in [0.05, 0.1) is 0 Å². The first-order valence-corrected chi connectivity index (χ1v) is 5.78. The molecule has 2 rings (SSSR count). The van der Waals surface area contributed by atoms with Gasteiger partial charge in [-0.2, -0.15) is 4.37 Å². The van der Waals surface area contributed by atoms with Gasteiger partial charge in [-0.1, -0.05) is 13.8 Å². The Morgan fingerprint density at radius 1 is 1.50 bits per heavy atom. The second-order valence-corrected chi connectivity index (χ2v) is 4.94. The highest BCUT2D eigenvalue weighted by Gasteiger charge is 2.26. The molecule has 0 spiro atoms. The van der Waals surface area contributed by atoms with Crippen LogP contribution in [0.15, 0.2) is 0 Å². The highest BCUT2D eigenvalue weighted by Crippen LogP contribution is 2.24. The fourth-order valence-corrected chi connectivity index (χ4v) is 2.27. The van der Waals surface area contributed by atoms with E-state index in [-0.39, 0.29) is 0 Å². The predicted octanol–water partition coefficient (Wildman–Crippen LogP) is 1.56. The van der Waals surface area contributed by atoms with Crippen molar-refractivity contribution in [1.82, 2.24) is 9.36 Å². The maximum absolute atomic E-state index is 5.70. The van der Waals surface area contributed by atoms with Gasteiger partial charge in [0.1, 0.15) is 5.82 Å². The molecule has 0 unspecified atom stereocenters. The van der Waals surface area contributed by atoms with Crippen LogP contribution >= 0.6 is 11.5 Å². The number of rotatable bonds is 3. The zero-order valence-electron chi connectivity index (χ0n) is 8.53. The fourth-order valence-electron chi connectivity index (χ4n) is 1.48. The van der Waals surface area contributed by atoms with E-state index in [4.69, 9.17) is 5.73 Å². The zero-order chi connectivity index (χ0) is 10.1. The molecule has 0 amide bonds. The lowest BCUT2D eigenvalue weighted by molar-refractivity contribution is 0.373. The van der Waals surface area contributed by atoms with Crippen LogP contribution in [0.25, 0.3) is 0 Å². The van der Waals surface area contributed by atoms with E-state index in [2.05, 4.69) is 28.5 Å². The summed E-state index contributed by atoms with van der Waals surface area (Å²) in [7, 11) is 0. The van der Waals surface area contributed by atoms with Crippen LogP contribution in [0.3, 0.4) is 0 Å². The second kappa shape index (κ2) is 3.82. The van der Waals surface area contributed by atoms with E-state index in [1.807, 2.05) is 0 Å². The lowest BCUT2D eigenvalue weighted by Crippen LogP contribution is -2.44. The molecule has 1 aromatic rings. The van der Waals surface area contributed by atoms with Crippen molar-refractivity contribution in [3.8, 4) is 0 Å². The minimum atomic E-state index is 0.380. The largest absolute Gasteiger partial charge is 0.357 e. The number of aromatic nitrogens is 2. The molecule has 1 aromatic heterocycles. The van der Waals surface area contributed by atoms with Crippen LogP contribution in [0.5, 0.6) is 0 Å². The maximum atomic E-state index is 5.70. The molecule has 1 aliphatic rings. The van der Waals surface area contributed by atoms with E-state index in [1.165, 1.54) is 11.5 Å². The van der Waals surface area contributed by atoms with Crippen LogP contribution < -0.4 is 11.1 Å². The Labute approximate surface area is 88.1 Å². The summed E-state index contributed by atoms with van der Waals surface area (Å²) in [6.45, 7) is 4.20. The molecule has 0 aliphatic heterocycles. The maximum Gasteiger partial charge on any atom is 0.202 e. The summed E-state index contributed by atoms with van der Waals surface area (Å²) in [5.41, 5.74) is 5.70. The standard InChI is InChI=1S/C9H16N4S/c1-5(2)8-12-9(14-13-8)11-7-3-6(10)4-7/h5-7H,3-4,10H2,1-2H3,(H,11,12,13). The Kier molecular flexibility index (Phi) is 2.69. The molecule has 0 bridgehead atoms. The van der Waals surface area contributed by atoms with Gasteiger partial charge in [-0.15, -0.1) is 0 Å². The molecule has 0 radical (unpaired) electrons. The van der Waals surface area contributed by atoms with E-state index < -0.39 is 0 Å². The Bertz CT molecular complexity index is 304. The lowest BCUT2D eigenvalue weighted by atomic mass is 9.88. The van der Waals surface area contributed by atoms with E-state index in [9.17, 15) is 0 Å². The number of nitrogens with one attached hydrogen (secondary N) is 1. The Hall–Kier alpha value is -0.680. The first kappa shape index (κ1) is 9.86. The average Bonchev–Trinajstić information content (AvgIpc) is 2.50. The monoisotopic (exact) mass is 212 g/mol. The van der Waals surface area contributed by atoms with Gasteiger partial charge in [0.25, 0.3) is 0 Å². The van der Waals surface area contributed by atoms with E-state index >= 15 is 0 Å². The predicted molar refractivity (Wildman–Crippen MR) is 58.6 cm³/mol. The molecule has 0 saturated heterocycles. The number of nitrogens with zero attached hydrogens (tertiary/aromatic N) is 2. The van der Waals surface area contributed by atoms with Crippen molar-refractivity contribution in [2.75, 3.05) is 5.32 Å². The third kappa shape index (κ3) is 2.04. The van der Waals surface area contributed by atoms with Crippen molar-refractivity contribution in [3.05, 3.63) is 5.82 Å². The van der Waals surface area contributed by atoms with Crippen LogP contribution in [0.2, 0.25) is 0 Å². The molecule has 14 heavy (non-hydrogen) atoms. The topological polar surface area (TPSA) is 63.8 Å². The Morgan fingerprint density at radius 3 is 2.71 bits per heavy atom. The van der Waals surface area contributed by atoms with Gasteiger partial charge >= 0.3 is 0 Å². The van der Waals surface area contributed by atoms with Gasteiger partial charge < -0.3 is 11.1 Å². The molecule has 3 N–H and O–H groups in total. The van der Waals surface area contributed by atoms with Crippen molar-refractivity contribution in [1.29, 1.82) is 0 Å². The summed E-state index contributed by atoms with van der Waals surface area (Å²) < 4.78 is 4.28. The summed E-state index contributed by atoms with van der Waals surface area (Å²) >= 11 is 1.44. The van der Waals surface area contributed by atoms with Crippen LogP contribution in [0.1, 0.15) is 38.4 Å². The molecule has 1 fully saturated rings. The molecule has 0 atom stereocenters. The van der Waals surface area contributed by atoms with Crippen molar-refractivity contribution >= 4 is 16.7 Å². The van der Waals surface area contributed by atoms with Crippen molar-refractivity contribution in [3.63, 3.8) is 0 Å². The third-order valence-electron chi connectivity index (χ3n) is 2.46. The SMILES string of the molecule is CC(C)c1nsc(NC2CC(N)C2)n1. The number of anilines is 1. The lowest BCUT2D eigenvalue weighted by Gasteiger charge is -2.32. The van der Waals surface area contributed by atoms with Crippen LogP contribution in [0.4, 0.5) is 5.13 Å². The number of hydrogen-bond acceptors (Lipinski definition) is 5. The minimum absolute atomic E-state index is 0.380. The molecule has 1 heterocycles. The molecule has 5 heteroatoms. The first-order chi connectivity index (χ1) is 6.65. The highest BCUT2D eigenvalue weighted by atomic mass is 32.1. The molecule has 1 aliphatic carbocycles. The van der Waals surface area contributed by atoms with Gasteiger partial charge in [0, 0.05) is 29.5 Å². The van der Waals surface area contributed by atoms with Crippen LogP contribution in [-0.2, 0) is 0 Å². The van der Waals surface area contributed by atoms with Crippen molar-refractivity contribution in [2.45, 2.75) is 44.7 Å². The minimum Gasteiger partial charge on any atom is -0.357 e. The van der Waals surface area contributed by atoms with Gasteiger partial charge in [-0.05, 0) is 12.8 Å². The molecule has 78 valence electrons. The van der Waals surface area contributed by atoms with Crippen molar-refractivity contribution in [2.24, 2.45) is 5.73 Å². The van der Waals surface area contributed by atoms with E-state index in [0.29, 0.717) is 18.0 Å². The normalized spacial score (nSPS) is 26.3. The summed E-state index contributed by atoms with van der Waals surface area (Å²) in [6, 6.07) is 0.892. The zero-order valence-corrected chi connectivity index (χ0v) is 9.34. The summed E-state index contributed by atoms with van der Waals surface area (Å²) in [4.78, 5) is 4.41.